The molecule has 5 heteroatoms. The first-order valence-corrected chi connectivity index (χ1v) is 10.1. The number of anilines is 1. The van der Waals surface area contributed by atoms with Crippen molar-refractivity contribution in [1.29, 1.82) is 0 Å². The van der Waals surface area contributed by atoms with E-state index < -0.39 is 6.04 Å². The Morgan fingerprint density at radius 1 is 0.871 bits per heavy atom. The lowest BCUT2D eigenvalue weighted by Crippen LogP contribution is -2.34. The van der Waals surface area contributed by atoms with E-state index in [1.54, 1.807) is 13.1 Å². The van der Waals surface area contributed by atoms with Crippen molar-refractivity contribution in [1.82, 2.24) is 5.43 Å². The topological polar surface area (TPSA) is 62.7 Å². The number of nitrogens with zero attached hydrogens (tertiary/aromatic N) is 1. The highest BCUT2D eigenvalue weighted by Crippen LogP contribution is 2.24. The van der Waals surface area contributed by atoms with E-state index in [9.17, 15) is 4.79 Å². The van der Waals surface area contributed by atoms with Crippen LogP contribution in [0.5, 0.6) is 11.5 Å². The largest absolute Gasteiger partial charge is 0.457 e. The lowest BCUT2D eigenvalue weighted by Gasteiger charge is -2.15. The van der Waals surface area contributed by atoms with Crippen LogP contribution in [0.4, 0.5) is 5.69 Å². The fourth-order valence-electron chi connectivity index (χ4n) is 3.20. The Morgan fingerprint density at radius 2 is 1.58 bits per heavy atom. The second kappa shape index (κ2) is 9.59. The van der Waals surface area contributed by atoms with E-state index in [-0.39, 0.29) is 5.91 Å². The van der Waals surface area contributed by atoms with Crippen molar-refractivity contribution >= 4 is 28.6 Å². The molecule has 0 aromatic heterocycles. The van der Waals surface area contributed by atoms with Gasteiger partial charge >= 0.3 is 0 Å². The number of hydrogen-bond donors (Lipinski definition) is 2. The summed E-state index contributed by atoms with van der Waals surface area (Å²) in [5, 5.41) is 9.55. The van der Waals surface area contributed by atoms with Crippen LogP contribution in [-0.4, -0.2) is 18.2 Å². The zero-order valence-electron chi connectivity index (χ0n) is 17.2. The number of para-hydroxylation sites is 1. The summed E-state index contributed by atoms with van der Waals surface area (Å²) in [6.45, 7) is 1.81. The van der Waals surface area contributed by atoms with Crippen molar-refractivity contribution in [2.45, 2.75) is 13.0 Å². The first kappa shape index (κ1) is 20.2. The Kier molecular flexibility index (Phi) is 6.24. The van der Waals surface area contributed by atoms with Crippen LogP contribution in [0, 0.1) is 0 Å². The molecule has 0 spiro atoms. The number of ether oxygens (including phenoxy) is 1. The van der Waals surface area contributed by atoms with Gasteiger partial charge in [0.1, 0.15) is 17.5 Å². The van der Waals surface area contributed by atoms with E-state index in [4.69, 9.17) is 4.74 Å². The summed E-state index contributed by atoms with van der Waals surface area (Å²) in [5.74, 6) is 1.24. The summed E-state index contributed by atoms with van der Waals surface area (Å²) in [7, 11) is 0. The van der Waals surface area contributed by atoms with Crippen molar-refractivity contribution in [3.63, 3.8) is 0 Å². The maximum atomic E-state index is 12.5. The van der Waals surface area contributed by atoms with Gasteiger partial charge in [-0.05, 0) is 48.2 Å². The minimum Gasteiger partial charge on any atom is -0.457 e. The Labute approximate surface area is 181 Å². The molecule has 0 radical (unpaired) electrons. The summed E-state index contributed by atoms with van der Waals surface area (Å²) < 4.78 is 5.83. The van der Waals surface area contributed by atoms with Gasteiger partial charge in [-0.2, -0.15) is 5.10 Å². The molecule has 0 aliphatic rings. The summed E-state index contributed by atoms with van der Waals surface area (Å²) >= 11 is 0. The lowest BCUT2D eigenvalue weighted by molar-refractivity contribution is -0.121. The second-order valence-corrected chi connectivity index (χ2v) is 7.11. The van der Waals surface area contributed by atoms with E-state index in [1.807, 2.05) is 97.1 Å². The summed E-state index contributed by atoms with van der Waals surface area (Å²) in [6.07, 6.45) is 1.60. The third-order valence-corrected chi connectivity index (χ3v) is 4.78. The Morgan fingerprint density at radius 3 is 2.45 bits per heavy atom. The first-order valence-electron chi connectivity index (χ1n) is 10.1. The fraction of sp³-hybridized carbons (Fsp3) is 0.0769. The number of rotatable bonds is 7. The van der Waals surface area contributed by atoms with E-state index in [0.717, 1.165) is 27.8 Å². The highest BCUT2D eigenvalue weighted by atomic mass is 16.5. The van der Waals surface area contributed by atoms with Gasteiger partial charge in [0.25, 0.3) is 5.91 Å². The normalized spacial score (nSPS) is 11.9. The van der Waals surface area contributed by atoms with E-state index in [0.29, 0.717) is 5.75 Å². The quantitative estimate of drug-likeness (QED) is 0.309. The predicted molar refractivity (Wildman–Crippen MR) is 126 cm³/mol. The van der Waals surface area contributed by atoms with Crippen LogP contribution in [0.15, 0.2) is 102 Å². The Bertz CT molecular complexity index is 1200. The predicted octanol–water partition coefficient (Wildman–Crippen LogP) is 5.58. The maximum absolute atomic E-state index is 12.5. The lowest BCUT2D eigenvalue weighted by atomic mass is 10.1. The van der Waals surface area contributed by atoms with Gasteiger partial charge in [-0.15, -0.1) is 0 Å². The summed E-state index contributed by atoms with van der Waals surface area (Å²) in [6, 6.07) is 30.7. The average molecular weight is 409 g/mol. The molecule has 0 saturated heterocycles. The maximum Gasteiger partial charge on any atom is 0.262 e. The molecular weight excluding hydrogens is 386 g/mol. The zero-order chi connectivity index (χ0) is 21.5. The van der Waals surface area contributed by atoms with Crippen LogP contribution in [0.25, 0.3) is 10.8 Å². The molecule has 4 rings (SSSR count). The molecule has 0 bridgehead atoms. The monoisotopic (exact) mass is 409 g/mol. The fourth-order valence-corrected chi connectivity index (χ4v) is 3.20. The van der Waals surface area contributed by atoms with Crippen molar-refractivity contribution in [3.8, 4) is 11.5 Å². The summed E-state index contributed by atoms with van der Waals surface area (Å²) in [4.78, 5) is 12.5. The molecule has 2 N–H and O–H groups in total. The third-order valence-electron chi connectivity index (χ3n) is 4.78. The molecule has 31 heavy (non-hydrogen) atoms. The van der Waals surface area contributed by atoms with Crippen LogP contribution in [0.3, 0.4) is 0 Å². The van der Waals surface area contributed by atoms with Crippen LogP contribution < -0.4 is 15.5 Å². The van der Waals surface area contributed by atoms with Crippen LogP contribution in [0.1, 0.15) is 12.5 Å². The first-order chi connectivity index (χ1) is 15.2. The SMILES string of the molecule is CC(Nc1cccc2ccccc12)C(=O)N/N=C/c1cccc(Oc2ccccc2)c1. The smallest absolute Gasteiger partial charge is 0.262 e. The molecule has 1 amide bonds. The molecule has 1 unspecified atom stereocenters. The molecule has 154 valence electrons. The average Bonchev–Trinajstić information content (AvgIpc) is 2.80. The molecule has 0 aliphatic heterocycles. The minimum absolute atomic E-state index is 0.221. The van der Waals surface area contributed by atoms with Crippen molar-refractivity contribution in [2.75, 3.05) is 5.32 Å². The van der Waals surface area contributed by atoms with Gasteiger partial charge < -0.3 is 10.1 Å². The van der Waals surface area contributed by atoms with Crippen LogP contribution >= 0.6 is 0 Å². The van der Waals surface area contributed by atoms with Crippen molar-refractivity contribution in [2.24, 2.45) is 5.10 Å². The highest BCUT2D eigenvalue weighted by molar-refractivity contribution is 5.96. The Hall–Kier alpha value is -4.12. The van der Waals surface area contributed by atoms with Crippen LogP contribution in [0.2, 0.25) is 0 Å². The molecule has 5 nitrogen and oxygen atoms in total. The Balaban J connectivity index is 1.36. The molecule has 1 atom stereocenters. The number of nitrogens with one attached hydrogen (secondary N) is 2. The number of amides is 1. The molecule has 0 heterocycles. The standard InChI is InChI=1S/C26H23N3O2/c1-19(28-25-16-8-11-21-10-5-6-15-24(21)25)26(30)29-27-18-20-9-7-14-23(17-20)31-22-12-3-2-4-13-22/h2-19,28H,1H3,(H,29,30)/b27-18+. The van der Waals surface area contributed by atoms with Gasteiger partial charge in [0.15, 0.2) is 0 Å². The number of hydrazone groups is 1. The number of benzene rings is 4. The zero-order valence-corrected chi connectivity index (χ0v) is 17.2. The van der Waals surface area contributed by atoms with Crippen molar-refractivity contribution < 1.29 is 9.53 Å². The number of fused-ring (bicyclic) bond motifs is 1. The van der Waals surface area contributed by atoms with E-state index in [2.05, 4.69) is 15.8 Å². The van der Waals surface area contributed by atoms with Gasteiger partial charge in [-0.3, -0.25) is 4.79 Å². The van der Waals surface area contributed by atoms with Gasteiger partial charge in [0.05, 0.1) is 6.21 Å². The molecular formula is C26H23N3O2. The van der Waals surface area contributed by atoms with Crippen LogP contribution in [-0.2, 0) is 4.79 Å². The molecule has 0 fully saturated rings. The van der Waals surface area contributed by atoms with Gasteiger partial charge in [-0.25, -0.2) is 5.43 Å². The molecule has 0 saturated carbocycles. The summed E-state index contributed by atoms with van der Waals surface area (Å²) in [5.41, 5.74) is 4.33. The van der Waals surface area contributed by atoms with Gasteiger partial charge in [0.2, 0.25) is 0 Å². The second-order valence-electron chi connectivity index (χ2n) is 7.11. The van der Waals surface area contributed by atoms with E-state index >= 15 is 0 Å². The van der Waals surface area contributed by atoms with E-state index in [1.165, 1.54) is 0 Å². The van der Waals surface area contributed by atoms with Crippen molar-refractivity contribution in [3.05, 3.63) is 103 Å². The third kappa shape index (κ3) is 5.28. The molecule has 0 aliphatic carbocycles. The van der Waals surface area contributed by atoms with Gasteiger partial charge in [0, 0.05) is 11.1 Å². The number of hydrogen-bond acceptors (Lipinski definition) is 4. The number of carbonyl (C=O) groups excluding carboxylic acids is 1. The minimum atomic E-state index is -0.448. The molecule has 4 aromatic carbocycles. The number of carbonyl (C=O) groups is 1. The highest BCUT2D eigenvalue weighted by Gasteiger charge is 2.13. The van der Waals surface area contributed by atoms with Gasteiger partial charge in [-0.1, -0.05) is 66.7 Å². The molecule has 4 aromatic rings.